The summed E-state index contributed by atoms with van der Waals surface area (Å²) in [6.07, 6.45) is 4.49. The van der Waals surface area contributed by atoms with Gasteiger partial charge in [-0.2, -0.15) is 0 Å². The number of hydrogen-bond acceptors (Lipinski definition) is 6. The minimum absolute atomic E-state index is 0.128. The van der Waals surface area contributed by atoms with Gasteiger partial charge in [0.05, 0.1) is 0 Å². The van der Waals surface area contributed by atoms with Crippen LogP contribution < -0.4 is 0 Å². The Morgan fingerprint density at radius 1 is 0.500 bits per heavy atom. The van der Waals surface area contributed by atoms with Crippen molar-refractivity contribution in [2.24, 2.45) is 0 Å². The normalized spacial score (nSPS) is 17.8. The van der Waals surface area contributed by atoms with Crippen LogP contribution in [0.3, 0.4) is 0 Å². The van der Waals surface area contributed by atoms with E-state index >= 15 is 0 Å². The molecule has 0 aliphatic heterocycles. The zero-order chi connectivity index (χ0) is 19.9. The van der Waals surface area contributed by atoms with Gasteiger partial charge in [0.15, 0.2) is 0 Å². The van der Waals surface area contributed by atoms with Crippen molar-refractivity contribution in [3.8, 4) is 0 Å². The van der Waals surface area contributed by atoms with E-state index in [1.807, 2.05) is 0 Å². The Morgan fingerprint density at radius 3 is 1.00 bits per heavy atom. The Balaban J connectivity index is 4.50. The molecule has 0 saturated carbocycles. The Hall–Kier alpha value is -1.80. The van der Waals surface area contributed by atoms with Gasteiger partial charge in [0.2, 0.25) is 0 Å². The van der Waals surface area contributed by atoms with Crippen molar-refractivity contribution in [1.82, 2.24) is 0 Å². The van der Waals surface area contributed by atoms with E-state index in [0.717, 1.165) is 0 Å². The van der Waals surface area contributed by atoms with Crippen LogP contribution >= 0.6 is 0 Å². The van der Waals surface area contributed by atoms with Gasteiger partial charge < -0.3 is 29.2 Å². The fraction of sp³-hybridized carbons (Fsp3) is 0.400. The molecule has 6 atom stereocenters. The molecule has 6 nitrogen and oxygen atoms in total. The summed E-state index contributed by atoms with van der Waals surface area (Å²) in [4.78, 5) is 0. The molecule has 0 bridgehead atoms. The molecule has 0 heterocycles. The van der Waals surface area contributed by atoms with Crippen molar-refractivity contribution >= 4 is 0 Å². The lowest BCUT2D eigenvalue weighted by atomic mass is 10.2. The van der Waals surface area contributed by atoms with E-state index in [0.29, 0.717) is 0 Å². The molecule has 0 amide bonds. The summed E-state index contributed by atoms with van der Waals surface area (Å²) < 4.78 is 21.9. The number of aliphatic hydroxyl groups excluding tert-OH is 2. The van der Waals surface area contributed by atoms with Gasteiger partial charge in [-0.05, 0) is 0 Å². The standard InChI is InChI=1S/C20H30O6/c1-7-15(21)17(9-3)23-13-25-19(11-5)20(12-6)26-14-24-18(10-4)16(22)8-2/h7-12,15-22H,1-6,13-14H2/t15-,16-,17-,18-,19-,20-/m1/s1. The van der Waals surface area contributed by atoms with E-state index in [4.69, 9.17) is 18.9 Å². The summed E-state index contributed by atoms with van der Waals surface area (Å²) in [5.41, 5.74) is 0. The average Bonchev–Trinajstić information content (AvgIpc) is 2.68. The molecule has 0 aliphatic rings. The average molecular weight is 366 g/mol. The molecule has 146 valence electrons. The lowest BCUT2D eigenvalue weighted by molar-refractivity contribution is -0.165. The molecular weight excluding hydrogens is 336 g/mol. The molecule has 0 unspecified atom stereocenters. The smallest absolute Gasteiger partial charge is 0.148 e. The van der Waals surface area contributed by atoms with E-state index in [2.05, 4.69) is 39.5 Å². The van der Waals surface area contributed by atoms with E-state index in [1.165, 1.54) is 36.5 Å². The van der Waals surface area contributed by atoms with Gasteiger partial charge in [0.1, 0.15) is 50.2 Å². The highest BCUT2D eigenvalue weighted by Gasteiger charge is 2.20. The van der Waals surface area contributed by atoms with Crippen molar-refractivity contribution in [1.29, 1.82) is 0 Å². The molecule has 0 aromatic carbocycles. The van der Waals surface area contributed by atoms with E-state index in [9.17, 15) is 10.2 Å². The quantitative estimate of drug-likeness (QED) is 0.304. The first-order valence-corrected chi connectivity index (χ1v) is 8.06. The lowest BCUT2D eigenvalue weighted by Crippen LogP contribution is -2.33. The Bertz CT molecular complexity index is 419. The fourth-order valence-corrected chi connectivity index (χ4v) is 1.87. The molecule has 0 spiro atoms. The topological polar surface area (TPSA) is 77.4 Å². The maximum absolute atomic E-state index is 9.67. The monoisotopic (exact) mass is 366 g/mol. The number of hydrogen-bond donors (Lipinski definition) is 2. The number of aliphatic hydroxyl groups is 2. The van der Waals surface area contributed by atoms with Gasteiger partial charge in [-0.25, -0.2) is 0 Å². The van der Waals surface area contributed by atoms with E-state index < -0.39 is 36.6 Å². The van der Waals surface area contributed by atoms with Crippen LogP contribution in [0.1, 0.15) is 0 Å². The van der Waals surface area contributed by atoms with Crippen LogP contribution in [0.2, 0.25) is 0 Å². The van der Waals surface area contributed by atoms with Crippen LogP contribution in [0.25, 0.3) is 0 Å². The minimum Gasteiger partial charge on any atom is -0.386 e. The molecular formula is C20H30O6. The Kier molecular flexibility index (Phi) is 13.4. The third-order valence-corrected chi connectivity index (χ3v) is 3.45. The summed E-state index contributed by atoms with van der Waals surface area (Å²) in [7, 11) is 0. The van der Waals surface area contributed by atoms with Gasteiger partial charge in [-0.1, -0.05) is 36.5 Å². The van der Waals surface area contributed by atoms with Crippen molar-refractivity contribution in [2.45, 2.75) is 36.6 Å². The van der Waals surface area contributed by atoms with Crippen LogP contribution in [0.5, 0.6) is 0 Å². The number of rotatable bonds is 17. The predicted octanol–water partition coefficient (Wildman–Crippen LogP) is 2.28. The highest BCUT2D eigenvalue weighted by Crippen LogP contribution is 2.11. The largest absolute Gasteiger partial charge is 0.386 e. The Morgan fingerprint density at radius 2 is 0.769 bits per heavy atom. The highest BCUT2D eigenvalue weighted by atomic mass is 16.7. The summed E-state index contributed by atoms with van der Waals surface area (Å²) in [5.74, 6) is 0. The van der Waals surface area contributed by atoms with Gasteiger partial charge in [0.25, 0.3) is 0 Å². The second-order valence-corrected chi connectivity index (χ2v) is 5.16. The molecule has 2 N–H and O–H groups in total. The summed E-state index contributed by atoms with van der Waals surface area (Å²) in [5, 5.41) is 19.3. The van der Waals surface area contributed by atoms with E-state index in [-0.39, 0.29) is 13.6 Å². The van der Waals surface area contributed by atoms with Gasteiger partial charge in [0, 0.05) is 0 Å². The van der Waals surface area contributed by atoms with Gasteiger partial charge in [-0.15, -0.1) is 39.5 Å². The second-order valence-electron chi connectivity index (χ2n) is 5.16. The lowest BCUT2D eigenvalue weighted by Gasteiger charge is -2.25. The first-order chi connectivity index (χ1) is 12.5. The molecule has 0 fully saturated rings. The minimum atomic E-state index is -0.884. The molecule has 0 rings (SSSR count). The summed E-state index contributed by atoms with van der Waals surface area (Å²) >= 11 is 0. The third kappa shape index (κ3) is 8.53. The van der Waals surface area contributed by atoms with Crippen LogP contribution in [-0.2, 0) is 18.9 Å². The maximum atomic E-state index is 9.67. The predicted molar refractivity (Wildman–Crippen MR) is 102 cm³/mol. The third-order valence-electron chi connectivity index (χ3n) is 3.45. The SMILES string of the molecule is C=C[C@@H](O)[C@@H](C=C)OCO[C@H](C=C)[C@@H](C=C)OCO[C@H](C=C)[C@H](O)C=C. The van der Waals surface area contributed by atoms with Crippen LogP contribution in [0.4, 0.5) is 0 Å². The molecule has 0 saturated heterocycles. The van der Waals surface area contributed by atoms with Crippen LogP contribution in [-0.4, -0.2) is 60.4 Å². The van der Waals surface area contributed by atoms with Crippen molar-refractivity contribution in [3.63, 3.8) is 0 Å². The van der Waals surface area contributed by atoms with Crippen LogP contribution in [0.15, 0.2) is 75.9 Å². The molecule has 0 aliphatic carbocycles. The zero-order valence-electron chi connectivity index (χ0n) is 15.1. The van der Waals surface area contributed by atoms with Crippen molar-refractivity contribution in [3.05, 3.63) is 75.9 Å². The molecule has 6 heteroatoms. The molecule has 0 aromatic rings. The van der Waals surface area contributed by atoms with E-state index in [1.54, 1.807) is 0 Å². The maximum Gasteiger partial charge on any atom is 0.148 e. The summed E-state index contributed by atoms with van der Waals surface area (Å²) in [6, 6.07) is 0. The number of ether oxygens (including phenoxy) is 4. The zero-order valence-corrected chi connectivity index (χ0v) is 15.1. The fourth-order valence-electron chi connectivity index (χ4n) is 1.87. The molecule has 26 heavy (non-hydrogen) atoms. The van der Waals surface area contributed by atoms with Crippen LogP contribution in [0, 0.1) is 0 Å². The Labute approximate surface area is 156 Å². The first-order valence-electron chi connectivity index (χ1n) is 8.06. The summed E-state index contributed by atoms with van der Waals surface area (Å²) in [6.45, 7) is 21.3. The second kappa shape index (κ2) is 14.4. The highest BCUT2D eigenvalue weighted by molar-refractivity contribution is 4.97. The van der Waals surface area contributed by atoms with Crippen molar-refractivity contribution < 1.29 is 29.2 Å². The molecule has 0 radical (unpaired) electrons. The van der Waals surface area contributed by atoms with Gasteiger partial charge in [-0.3, -0.25) is 0 Å². The first kappa shape index (κ1) is 24.2. The van der Waals surface area contributed by atoms with Gasteiger partial charge >= 0.3 is 0 Å². The van der Waals surface area contributed by atoms with Crippen molar-refractivity contribution in [2.75, 3.05) is 13.6 Å². The molecule has 0 aromatic heterocycles.